The number of hydrogen-bond acceptors (Lipinski definition) is 3. The van der Waals surface area contributed by atoms with Crippen molar-refractivity contribution in [3.63, 3.8) is 0 Å². The Balaban J connectivity index is 0.00000256. The molecule has 3 rings (SSSR count). The Kier molecular flexibility index (Phi) is 11.2. The summed E-state index contributed by atoms with van der Waals surface area (Å²) in [5, 5.41) is 2.16. The Morgan fingerprint density at radius 3 is 1.44 bits per heavy atom. The van der Waals surface area contributed by atoms with E-state index in [2.05, 4.69) is 9.98 Å². The molecule has 0 fully saturated rings. The van der Waals surface area contributed by atoms with Crippen LogP contribution in [0.25, 0.3) is 0 Å². The number of aromatic nitrogens is 1. The van der Waals surface area contributed by atoms with Crippen molar-refractivity contribution in [3.05, 3.63) is 85.1 Å². The van der Waals surface area contributed by atoms with Gasteiger partial charge in [-0.3, -0.25) is 0 Å². The molecule has 0 amide bonds. The number of pyridine rings is 1. The van der Waals surface area contributed by atoms with E-state index < -0.39 is 0 Å². The van der Waals surface area contributed by atoms with Crippen LogP contribution in [0.15, 0.2) is 52.4 Å². The topological polar surface area (TPSA) is 37.6 Å². The zero-order valence-electron chi connectivity index (χ0n) is 17.7. The Morgan fingerprint density at radius 1 is 0.719 bits per heavy atom. The van der Waals surface area contributed by atoms with Gasteiger partial charge in [0.15, 0.2) is 0 Å². The molecule has 32 heavy (non-hydrogen) atoms. The van der Waals surface area contributed by atoms with Crippen molar-refractivity contribution < 1.29 is 17.1 Å². The van der Waals surface area contributed by atoms with Crippen molar-refractivity contribution in [1.82, 2.24) is 4.98 Å². The van der Waals surface area contributed by atoms with Crippen molar-refractivity contribution in [3.8, 4) is 0 Å². The zero-order valence-corrected chi connectivity index (χ0v) is 22.6. The van der Waals surface area contributed by atoms with Crippen molar-refractivity contribution in [2.75, 3.05) is 0 Å². The van der Waals surface area contributed by atoms with E-state index in [1.165, 1.54) is 0 Å². The number of benzene rings is 2. The van der Waals surface area contributed by atoms with Crippen LogP contribution in [0.5, 0.6) is 0 Å². The molecular weight excluding hydrogens is 551 g/mol. The summed E-state index contributed by atoms with van der Waals surface area (Å²) in [4.78, 5) is 14.1. The Morgan fingerprint density at radius 2 is 1.09 bits per heavy atom. The minimum atomic E-state index is 0. The van der Waals surface area contributed by atoms with Crippen LogP contribution in [-0.2, 0) is 17.1 Å². The number of halogens is 5. The second kappa shape index (κ2) is 12.4. The van der Waals surface area contributed by atoms with Gasteiger partial charge in [-0.1, -0.05) is 52.5 Å². The maximum Gasteiger partial charge on any atom is 0.0850 e. The predicted molar refractivity (Wildman–Crippen MR) is 138 cm³/mol. The average Bonchev–Trinajstić information content (AvgIpc) is 2.67. The molecule has 0 bridgehead atoms. The first-order chi connectivity index (χ1) is 14.2. The molecule has 2 aromatic carbocycles. The molecule has 0 aliphatic rings. The van der Waals surface area contributed by atoms with Gasteiger partial charge >= 0.3 is 0 Å². The van der Waals surface area contributed by atoms with E-state index in [9.17, 15) is 0 Å². The SMILES string of the molecule is C/C(=N\c1c(C)cc(Cl)cc1Cl)c1cccc(/C(C)=N/c2c(C)cc(Cl)cc2Cl)n1.Cl.[Fe]. The zero-order chi connectivity index (χ0) is 22.0. The van der Waals surface area contributed by atoms with Crippen LogP contribution >= 0.6 is 58.8 Å². The third-order valence-electron chi connectivity index (χ3n) is 4.49. The molecule has 0 saturated carbocycles. The molecule has 170 valence electrons. The summed E-state index contributed by atoms with van der Waals surface area (Å²) >= 11 is 24.8. The normalized spacial score (nSPS) is 11.6. The van der Waals surface area contributed by atoms with Gasteiger partial charge in [0.25, 0.3) is 0 Å². The van der Waals surface area contributed by atoms with Crippen LogP contribution in [0, 0.1) is 13.8 Å². The molecule has 0 saturated heterocycles. The molecule has 3 nitrogen and oxygen atoms in total. The largest absolute Gasteiger partial charge is 0.250 e. The minimum absolute atomic E-state index is 0. The van der Waals surface area contributed by atoms with Gasteiger partial charge in [0.2, 0.25) is 0 Å². The maximum atomic E-state index is 6.33. The molecule has 1 aromatic heterocycles. The molecule has 0 aliphatic carbocycles. The van der Waals surface area contributed by atoms with Gasteiger partial charge in [-0.05, 0) is 75.2 Å². The number of aryl methyl sites for hydroxylation is 2. The fourth-order valence-electron chi connectivity index (χ4n) is 2.96. The molecule has 0 unspecified atom stereocenters. The third kappa shape index (κ3) is 6.95. The molecular formula is C23H20Cl5FeN3. The first-order valence-electron chi connectivity index (χ1n) is 9.15. The number of hydrogen-bond donors (Lipinski definition) is 0. The third-order valence-corrected chi connectivity index (χ3v) is 5.50. The van der Waals surface area contributed by atoms with Crippen molar-refractivity contribution in [2.24, 2.45) is 9.98 Å². The minimum Gasteiger partial charge on any atom is -0.250 e. The summed E-state index contributed by atoms with van der Waals surface area (Å²) in [6.07, 6.45) is 0. The molecule has 0 atom stereocenters. The van der Waals surface area contributed by atoms with Gasteiger partial charge in [-0.15, -0.1) is 12.4 Å². The van der Waals surface area contributed by atoms with E-state index in [1.807, 2.05) is 58.0 Å². The number of aliphatic imine (C=N–C) groups is 2. The summed E-state index contributed by atoms with van der Waals surface area (Å²) < 4.78 is 0. The van der Waals surface area contributed by atoms with Gasteiger partial charge in [-0.2, -0.15) is 0 Å². The maximum absolute atomic E-state index is 6.33. The van der Waals surface area contributed by atoms with Crippen molar-refractivity contribution >= 4 is 81.6 Å². The van der Waals surface area contributed by atoms with Gasteiger partial charge < -0.3 is 0 Å². The average molecular weight is 572 g/mol. The van der Waals surface area contributed by atoms with Gasteiger partial charge in [0.1, 0.15) is 0 Å². The van der Waals surface area contributed by atoms with Crippen LogP contribution in [0.4, 0.5) is 11.4 Å². The number of nitrogens with zero attached hydrogens (tertiary/aromatic N) is 3. The van der Waals surface area contributed by atoms with Crippen LogP contribution in [0.1, 0.15) is 36.4 Å². The Bertz CT molecular complexity index is 1060. The second-order valence-electron chi connectivity index (χ2n) is 6.91. The van der Waals surface area contributed by atoms with Crippen LogP contribution in [-0.4, -0.2) is 16.4 Å². The molecule has 0 spiro atoms. The van der Waals surface area contributed by atoms with E-state index in [0.717, 1.165) is 33.9 Å². The quantitative estimate of drug-likeness (QED) is 0.228. The smallest absolute Gasteiger partial charge is 0.0850 e. The predicted octanol–water partition coefficient (Wildman–Crippen LogP) is 9.01. The summed E-state index contributed by atoms with van der Waals surface area (Å²) in [6.45, 7) is 7.62. The fourth-order valence-corrected chi connectivity index (χ4v) is 4.24. The summed E-state index contributed by atoms with van der Waals surface area (Å²) in [7, 11) is 0. The van der Waals surface area contributed by atoms with E-state index >= 15 is 0 Å². The molecule has 0 aliphatic heterocycles. The van der Waals surface area contributed by atoms with Crippen LogP contribution in [0.3, 0.4) is 0 Å². The second-order valence-corrected chi connectivity index (χ2v) is 8.60. The van der Waals surface area contributed by atoms with E-state index in [4.69, 9.17) is 51.4 Å². The number of rotatable bonds is 4. The van der Waals surface area contributed by atoms with E-state index in [1.54, 1.807) is 12.1 Å². The summed E-state index contributed by atoms with van der Waals surface area (Å²) in [5.41, 5.74) is 6.08. The van der Waals surface area contributed by atoms with Crippen molar-refractivity contribution in [2.45, 2.75) is 27.7 Å². The molecule has 0 N–H and O–H groups in total. The summed E-state index contributed by atoms with van der Waals surface area (Å²) in [6, 6.07) is 12.7. The van der Waals surface area contributed by atoms with Gasteiger partial charge in [0, 0.05) is 27.1 Å². The van der Waals surface area contributed by atoms with Crippen LogP contribution < -0.4 is 0 Å². The van der Waals surface area contributed by atoms with Gasteiger partial charge in [0.05, 0.1) is 44.2 Å². The molecule has 3 aromatic rings. The fraction of sp³-hybridized carbons (Fsp3) is 0.174. The van der Waals surface area contributed by atoms with Crippen molar-refractivity contribution in [1.29, 1.82) is 0 Å². The van der Waals surface area contributed by atoms with E-state index in [-0.39, 0.29) is 29.5 Å². The van der Waals surface area contributed by atoms with E-state index in [0.29, 0.717) is 31.5 Å². The van der Waals surface area contributed by atoms with Gasteiger partial charge in [-0.25, -0.2) is 15.0 Å². The first-order valence-corrected chi connectivity index (χ1v) is 10.7. The standard InChI is InChI=1S/C23H19Cl4N3.ClH.Fe/c1-12-8-16(24)10-18(26)22(12)28-14(3)20-6-5-7-21(30-20)15(4)29-23-13(2)9-17(25)11-19(23)27;;/h5-11H,1-4H3;1H;/b28-14+,29-15+;;. The molecule has 1 heterocycles. The summed E-state index contributed by atoms with van der Waals surface area (Å²) in [5.74, 6) is 0. The monoisotopic (exact) mass is 569 g/mol. The van der Waals surface area contributed by atoms with Crippen LogP contribution in [0.2, 0.25) is 20.1 Å². The molecule has 9 heteroatoms. The first kappa shape index (κ1) is 28.9. The molecule has 0 radical (unpaired) electrons. The Labute approximate surface area is 225 Å². The Hall–Kier alpha value is -1.10.